The van der Waals surface area contributed by atoms with E-state index >= 15 is 0 Å². The molecule has 3 nitrogen and oxygen atoms in total. The summed E-state index contributed by atoms with van der Waals surface area (Å²) in [7, 11) is 0. The first-order chi connectivity index (χ1) is 1.73. The summed E-state index contributed by atoms with van der Waals surface area (Å²) in [5.41, 5.74) is 0. The van der Waals surface area contributed by atoms with E-state index in [0.717, 1.165) is 0 Å². The molecular formula is O3PdTi. The molecule has 0 aromatic heterocycles. The molecule has 0 saturated heterocycles. The SMILES string of the molecule is [O]=[Ti]([O-])[O-].[Pd+2]. The van der Waals surface area contributed by atoms with Crippen molar-refractivity contribution in [3.63, 3.8) is 0 Å². The van der Waals surface area contributed by atoms with Crippen LogP contribution in [0.25, 0.3) is 0 Å². The van der Waals surface area contributed by atoms with E-state index in [2.05, 4.69) is 0 Å². The molecule has 0 bridgehead atoms. The normalized spacial score (nSPS) is 5.20. The molecule has 0 fully saturated rings. The van der Waals surface area contributed by atoms with E-state index < -0.39 is 18.6 Å². The molecule has 0 unspecified atom stereocenters. The van der Waals surface area contributed by atoms with Crippen molar-refractivity contribution in [3.8, 4) is 0 Å². The third-order valence-electron chi connectivity index (χ3n) is 0. The Morgan fingerprint density at radius 2 is 1.40 bits per heavy atom. The molecule has 0 atom stereocenters. The van der Waals surface area contributed by atoms with Crippen molar-refractivity contribution in [2.24, 2.45) is 0 Å². The maximum absolute atomic E-state index is 8.58. The van der Waals surface area contributed by atoms with Gasteiger partial charge in [0.2, 0.25) is 0 Å². The Balaban J connectivity index is 0. The van der Waals surface area contributed by atoms with Crippen LogP contribution in [-0.2, 0) is 42.4 Å². The van der Waals surface area contributed by atoms with Gasteiger partial charge in [-0.2, -0.15) is 0 Å². The standard InChI is InChI=1S/3O.Pd.Ti/q;2*-1;+2;. The van der Waals surface area contributed by atoms with E-state index in [1.807, 2.05) is 0 Å². The zero-order valence-electron chi connectivity index (χ0n) is 2.04. The van der Waals surface area contributed by atoms with Gasteiger partial charge in [0, 0.05) is 0 Å². The van der Waals surface area contributed by atoms with Crippen molar-refractivity contribution >= 4 is 0 Å². The summed E-state index contributed by atoms with van der Waals surface area (Å²) < 4.78 is 25.8. The van der Waals surface area contributed by atoms with Gasteiger partial charge in [-0.3, -0.25) is 0 Å². The monoisotopic (exact) mass is 202 g/mol. The van der Waals surface area contributed by atoms with Crippen LogP contribution in [0.15, 0.2) is 0 Å². The van der Waals surface area contributed by atoms with Crippen LogP contribution in [0.5, 0.6) is 0 Å². The van der Waals surface area contributed by atoms with E-state index in [9.17, 15) is 0 Å². The van der Waals surface area contributed by atoms with Crippen LogP contribution in [0.4, 0.5) is 0 Å². The van der Waals surface area contributed by atoms with Crippen molar-refractivity contribution in [3.05, 3.63) is 0 Å². The molecule has 32 valence electrons. The summed E-state index contributed by atoms with van der Waals surface area (Å²) >= 11 is -4.08. The Morgan fingerprint density at radius 1 is 1.40 bits per heavy atom. The Bertz CT molecular complexity index is 29.9. The van der Waals surface area contributed by atoms with Crippen LogP contribution in [0.2, 0.25) is 0 Å². The average Bonchev–Trinajstić information content (AvgIpc) is 0.811. The van der Waals surface area contributed by atoms with Crippen LogP contribution < -0.4 is 7.38 Å². The fourth-order valence-corrected chi connectivity index (χ4v) is 0. The summed E-state index contributed by atoms with van der Waals surface area (Å²) in [6, 6.07) is 0. The average molecular weight is 202 g/mol. The second-order valence-corrected chi connectivity index (χ2v) is 1.03. The van der Waals surface area contributed by atoms with Crippen LogP contribution in [0.1, 0.15) is 0 Å². The third kappa shape index (κ3) is 40.6. The van der Waals surface area contributed by atoms with E-state index in [1.54, 1.807) is 0 Å². The molecule has 0 saturated carbocycles. The molecule has 0 amide bonds. The Labute approximate surface area is 49.8 Å². The van der Waals surface area contributed by atoms with E-state index in [-0.39, 0.29) is 20.4 Å². The van der Waals surface area contributed by atoms with Crippen LogP contribution in [0.3, 0.4) is 0 Å². The molecule has 5 heteroatoms. The molecule has 0 aliphatic heterocycles. The maximum Gasteiger partial charge on any atom is 2.00 e. The van der Waals surface area contributed by atoms with Crippen molar-refractivity contribution in [1.82, 2.24) is 0 Å². The zero-order valence-corrected chi connectivity index (χ0v) is 5.16. The molecular weight excluding hydrogens is 202 g/mol. The minimum atomic E-state index is -4.08. The van der Waals surface area contributed by atoms with Crippen molar-refractivity contribution < 1.29 is 49.7 Å². The predicted molar refractivity (Wildman–Crippen MR) is 0.686 cm³/mol. The number of hydrogen-bond acceptors (Lipinski definition) is 3. The summed E-state index contributed by atoms with van der Waals surface area (Å²) in [5, 5.41) is 0. The van der Waals surface area contributed by atoms with Crippen molar-refractivity contribution in [1.29, 1.82) is 0 Å². The maximum atomic E-state index is 8.58. The molecule has 0 spiro atoms. The summed E-state index contributed by atoms with van der Waals surface area (Å²) in [6.07, 6.45) is 0. The third-order valence-corrected chi connectivity index (χ3v) is 0. The van der Waals surface area contributed by atoms with E-state index in [4.69, 9.17) is 10.7 Å². The predicted octanol–water partition coefficient (Wildman–Crippen LogP) is -2.50. The van der Waals surface area contributed by atoms with Crippen molar-refractivity contribution in [2.45, 2.75) is 0 Å². The van der Waals surface area contributed by atoms with E-state index in [1.165, 1.54) is 0 Å². The molecule has 0 N–H and O–H groups in total. The first-order valence-electron chi connectivity index (χ1n) is 0.612. The molecule has 0 aliphatic carbocycles. The fourth-order valence-electron chi connectivity index (χ4n) is 0. The summed E-state index contributed by atoms with van der Waals surface area (Å²) in [5.74, 6) is 0. The van der Waals surface area contributed by atoms with Crippen LogP contribution >= 0.6 is 0 Å². The summed E-state index contributed by atoms with van der Waals surface area (Å²) in [6.45, 7) is 0. The first-order valence-corrected chi connectivity index (χ1v) is 2.52. The molecule has 0 aromatic carbocycles. The zero-order chi connectivity index (χ0) is 3.58. The van der Waals surface area contributed by atoms with Gasteiger partial charge in [-0.15, -0.1) is 0 Å². The van der Waals surface area contributed by atoms with Gasteiger partial charge in [0.15, 0.2) is 0 Å². The van der Waals surface area contributed by atoms with Gasteiger partial charge in [0.1, 0.15) is 0 Å². The van der Waals surface area contributed by atoms with Gasteiger partial charge in [0.25, 0.3) is 0 Å². The summed E-state index contributed by atoms with van der Waals surface area (Å²) in [4.78, 5) is 0. The second kappa shape index (κ2) is 5.10. The minimum Gasteiger partial charge on any atom is 2.00 e. The van der Waals surface area contributed by atoms with E-state index in [0.29, 0.717) is 0 Å². The second-order valence-electron chi connectivity index (χ2n) is 0.250. The molecule has 0 radical (unpaired) electrons. The van der Waals surface area contributed by atoms with Crippen LogP contribution in [-0.4, -0.2) is 0 Å². The molecule has 5 heavy (non-hydrogen) atoms. The molecule has 0 heterocycles. The quantitative estimate of drug-likeness (QED) is 0.408. The van der Waals surface area contributed by atoms with Gasteiger partial charge >= 0.3 is 49.7 Å². The molecule has 0 aliphatic rings. The smallest absolute Gasteiger partial charge is 2.00 e. The van der Waals surface area contributed by atoms with Crippen LogP contribution in [0, 0.1) is 0 Å². The Kier molecular flexibility index (Phi) is 9.62. The van der Waals surface area contributed by atoms with Gasteiger partial charge in [-0.1, -0.05) is 0 Å². The van der Waals surface area contributed by atoms with Crippen molar-refractivity contribution in [2.75, 3.05) is 0 Å². The van der Waals surface area contributed by atoms with Gasteiger partial charge in [0.05, 0.1) is 0 Å². The van der Waals surface area contributed by atoms with Gasteiger partial charge < -0.3 is 0 Å². The van der Waals surface area contributed by atoms with Gasteiger partial charge in [-0.05, 0) is 0 Å². The number of rotatable bonds is 0. The Hall–Kier alpha value is 1.10. The minimum absolute atomic E-state index is 0. The first kappa shape index (κ1) is 9.44. The molecule has 0 aromatic rings. The number of hydrogen-bond donors (Lipinski definition) is 0. The van der Waals surface area contributed by atoms with Gasteiger partial charge in [-0.25, -0.2) is 0 Å². The molecule has 0 rings (SSSR count). The Morgan fingerprint density at radius 3 is 1.40 bits per heavy atom. The fraction of sp³-hybridized carbons (Fsp3) is 0. The largest absolute Gasteiger partial charge is 2.00 e. The topological polar surface area (TPSA) is 63.2 Å².